The van der Waals surface area contributed by atoms with Crippen LogP contribution in [0.2, 0.25) is 0 Å². The molecule has 2 aliphatic heterocycles. The molecule has 0 radical (unpaired) electrons. The topological polar surface area (TPSA) is 88.6 Å². The molecular formula is C31H34N8O2. The molecule has 0 bridgehead atoms. The lowest BCUT2D eigenvalue weighted by atomic mass is 10.0. The molecule has 2 fully saturated rings. The van der Waals surface area contributed by atoms with E-state index in [4.69, 9.17) is 19.2 Å². The average molecular weight is 551 g/mol. The number of rotatable bonds is 5. The van der Waals surface area contributed by atoms with Crippen molar-refractivity contribution in [3.8, 4) is 11.1 Å². The van der Waals surface area contributed by atoms with Crippen LogP contribution in [0.25, 0.3) is 22.0 Å². The zero-order valence-electron chi connectivity index (χ0n) is 23.7. The molecule has 41 heavy (non-hydrogen) atoms. The molecule has 10 heteroatoms. The molecule has 10 nitrogen and oxygen atoms in total. The molecule has 7 rings (SSSR count). The predicted octanol–water partition coefficient (Wildman–Crippen LogP) is 4.54. The lowest BCUT2D eigenvalue weighted by Gasteiger charge is -2.38. The van der Waals surface area contributed by atoms with Crippen LogP contribution in [-0.4, -0.2) is 70.8 Å². The highest BCUT2D eigenvalue weighted by Crippen LogP contribution is 2.37. The molecule has 2 saturated heterocycles. The van der Waals surface area contributed by atoms with E-state index in [0.717, 1.165) is 83.8 Å². The van der Waals surface area contributed by atoms with Crippen molar-refractivity contribution in [3.63, 3.8) is 0 Å². The number of hydrogen-bond acceptors (Lipinski definition) is 9. The normalized spacial score (nSPS) is 17.9. The van der Waals surface area contributed by atoms with Gasteiger partial charge in [-0.3, -0.25) is 4.68 Å². The van der Waals surface area contributed by atoms with Crippen LogP contribution >= 0.6 is 0 Å². The molecule has 0 spiro atoms. The first kappa shape index (κ1) is 25.5. The van der Waals surface area contributed by atoms with Crippen LogP contribution < -0.4 is 14.7 Å². The third-order valence-corrected chi connectivity index (χ3v) is 8.16. The molecule has 5 heterocycles. The van der Waals surface area contributed by atoms with Gasteiger partial charge in [-0.1, -0.05) is 41.6 Å². The van der Waals surface area contributed by atoms with Gasteiger partial charge in [-0.15, -0.1) is 0 Å². The lowest BCUT2D eigenvalue weighted by Crippen LogP contribution is -2.47. The summed E-state index contributed by atoms with van der Waals surface area (Å²) in [6.45, 7) is 9.31. The second-order valence-corrected chi connectivity index (χ2v) is 10.8. The number of hydrogen-bond donors (Lipinski definition) is 0. The third-order valence-electron chi connectivity index (χ3n) is 8.16. The van der Waals surface area contributed by atoms with Gasteiger partial charge in [0, 0.05) is 63.0 Å². The van der Waals surface area contributed by atoms with Crippen LogP contribution in [-0.2, 0) is 11.8 Å². The molecule has 1 atom stereocenters. The molecular weight excluding hydrogens is 516 g/mol. The van der Waals surface area contributed by atoms with E-state index in [9.17, 15) is 0 Å². The number of ether oxygens (including phenoxy) is 1. The Kier molecular flexibility index (Phi) is 6.54. The fraction of sp³-hybridized carbons (Fsp3) is 0.355. The lowest BCUT2D eigenvalue weighted by molar-refractivity contribution is 0.0939. The molecule has 2 aromatic carbocycles. The van der Waals surface area contributed by atoms with Crippen molar-refractivity contribution in [1.29, 1.82) is 0 Å². The maximum Gasteiger partial charge on any atom is 0.228 e. The van der Waals surface area contributed by atoms with Crippen molar-refractivity contribution in [3.05, 3.63) is 77.8 Å². The number of nitrogens with zero attached hydrogens (tertiary/aromatic N) is 8. The second-order valence-electron chi connectivity index (χ2n) is 10.8. The van der Waals surface area contributed by atoms with E-state index in [1.165, 1.54) is 5.56 Å². The maximum atomic E-state index is 5.99. The summed E-state index contributed by atoms with van der Waals surface area (Å²) in [6, 6.07) is 19.1. The Hall–Kier alpha value is -4.44. The molecule has 0 unspecified atom stereocenters. The van der Waals surface area contributed by atoms with Gasteiger partial charge in [0.25, 0.3) is 0 Å². The Morgan fingerprint density at radius 3 is 2.41 bits per heavy atom. The van der Waals surface area contributed by atoms with E-state index in [1.54, 1.807) is 0 Å². The SMILES string of the molecule is Cc1noc(C)c1-c1ccc2nc(N3CCN(c4ccn(C)n4)CC3)nc(N3CCOC[C@@H]3c3ccccc3)c2c1. The summed E-state index contributed by atoms with van der Waals surface area (Å²) >= 11 is 0. The summed E-state index contributed by atoms with van der Waals surface area (Å²) in [5.41, 5.74) is 5.09. The zero-order chi connectivity index (χ0) is 27.9. The average Bonchev–Trinajstić information content (AvgIpc) is 3.61. The van der Waals surface area contributed by atoms with E-state index in [2.05, 4.69) is 79.6 Å². The van der Waals surface area contributed by atoms with Gasteiger partial charge in [-0.25, -0.2) is 4.98 Å². The molecule has 3 aromatic heterocycles. The van der Waals surface area contributed by atoms with Crippen LogP contribution in [0.15, 0.2) is 65.3 Å². The predicted molar refractivity (Wildman–Crippen MR) is 159 cm³/mol. The van der Waals surface area contributed by atoms with Crippen LogP contribution in [0.3, 0.4) is 0 Å². The summed E-state index contributed by atoms with van der Waals surface area (Å²) in [6.07, 6.45) is 1.99. The van der Waals surface area contributed by atoms with Crippen molar-refractivity contribution in [2.24, 2.45) is 7.05 Å². The molecule has 0 amide bonds. The summed E-state index contributed by atoms with van der Waals surface area (Å²) < 4.78 is 13.3. The smallest absolute Gasteiger partial charge is 0.228 e. The van der Waals surface area contributed by atoms with Crippen molar-refractivity contribution in [1.82, 2.24) is 24.9 Å². The van der Waals surface area contributed by atoms with E-state index >= 15 is 0 Å². The molecule has 2 aliphatic rings. The standard InChI is InChI=1S/C31H34N8O2/c1-21-29(22(2)41-35-21)24-9-10-26-25(19-24)30(39-17-18-40-20-27(39)23-7-5-4-6-8-23)33-31(32-26)38-15-13-37(14-16-38)28-11-12-36(3)34-28/h4-12,19,27H,13-18,20H2,1-3H3/t27-/m1/s1. The summed E-state index contributed by atoms with van der Waals surface area (Å²) in [7, 11) is 1.95. The maximum absolute atomic E-state index is 5.99. The highest BCUT2D eigenvalue weighted by molar-refractivity contribution is 5.94. The summed E-state index contributed by atoms with van der Waals surface area (Å²) in [5.74, 6) is 3.51. The second kappa shape index (κ2) is 10.5. The number of piperazine rings is 1. The molecule has 5 aromatic rings. The van der Waals surface area contributed by atoms with E-state index in [1.807, 2.05) is 31.8 Å². The van der Waals surface area contributed by atoms with Gasteiger partial charge in [-0.2, -0.15) is 10.1 Å². The third kappa shape index (κ3) is 4.78. The van der Waals surface area contributed by atoms with Gasteiger partial charge in [0.05, 0.1) is 30.5 Å². The van der Waals surface area contributed by atoms with Gasteiger partial charge in [0.15, 0.2) is 5.82 Å². The minimum Gasteiger partial charge on any atom is -0.377 e. The van der Waals surface area contributed by atoms with Gasteiger partial charge in [-0.05, 0) is 37.1 Å². The van der Waals surface area contributed by atoms with Crippen molar-refractivity contribution >= 4 is 28.5 Å². The summed E-state index contributed by atoms with van der Waals surface area (Å²) in [5, 5.41) is 9.80. The van der Waals surface area contributed by atoms with Crippen LogP contribution in [0.5, 0.6) is 0 Å². The number of benzene rings is 2. The number of anilines is 3. The molecule has 0 aliphatic carbocycles. The van der Waals surface area contributed by atoms with E-state index in [0.29, 0.717) is 13.2 Å². The van der Waals surface area contributed by atoms with E-state index < -0.39 is 0 Å². The van der Waals surface area contributed by atoms with Crippen molar-refractivity contribution < 1.29 is 9.26 Å². The first-order chi connectivity index (χ1) is 20.0. The van der Waals surface area contributed by atoms with Crippen LogP contribution in [0, 0.1) is 13.8 Å². The van der Waals surface area contributed by atoms with Crippen LogP contribution in [0.1, 0.15) is 23.1 Å². The van der Waals surface area contributed by atoms with Gasteiger partial charge in [0.2, 0.25) is 5.95 Å². The van der Waals surface area contributed by atoms with Crippen molar-refractivity contribution in [2.45, 2.75) is 19.9 Å². The number of fused-ring (bicyclic) bond motifs is 1. The Bertz CT molecular complexity index is 1650. The molecule has 210 valence electrons. The fourth-order valence-electron chi connectivity index (χ4n) is 6.03. The first-order valence-electron chi connectivity index (χ1n) is 14.2. The van der Waals surface area contributed by atoms with Crippen molar-refractivity contribution in [2.75, 3.05) is 60.6 Å². The number of aromatic nitrogens is 5. The van der Waals surface area contributed by atoms with Gasteiger partial charge < -0.3 is 24.0 Å². The minimum atomic E-state index is 0.0552. The molecule has 0 N–H and O–H groups in total. The fourth-order valence-corrected chi connectivity index (χ4v) is 6.03. The Morgan fingerprint density at radius 1 is 0.878 bits per heavy atom. The quantitative estimate of drug-likeness (QED) is 0.313. The zero-order valence-corrected chi connectivity index (χ0v) is 23.7. The number of morpholine rings is 1. The first-order valence-corrected chi connectivity index (χ1v) is 14.2. The number of aryl methyl sites for hydroxylation is 3. The Labute approximate surface area is 239 Å². The highest BCUT2D eigenvalue weighted by atomic mass is 16.5. The Balaban J connectivity index is 1.30. The van der Waals surface area contributed by atoms with E-state index in [-0.39, 0.29) is 6.04 Å². The Morgan fingerprint density at radius 2 is 1.68 bits per heavy atom. The molecule has 0 saturated carbocycles. The monoisotopic (exact) mass is 550 g/mol. The van der Waals surface area contributed by atoms with Gasteiger partial charge >= 0.3 is 0 Å². The summed E-state index contributed by atoms with van der Waals surface area (Å²) in [4.78, 5) is 17.4. The largest absolute Gasteiger partial charge is 0.377 e. The highest BCUT2D eigenvalue weighted by Gasteiger charge is 2.30. The van der Waals surface area contributed by atoms with Gasteiger partial charge in [0.1, 0.15) is 11.6 Å². The minimum absolute atomic E-state index is 0.0552. The van der Waals surface area contributed by atoms with Crippen LogP contribution in [0.4, 0.5) is 17.6 Å².